The first-order valence-corrected chi connectivity index (χ1v) is 7.71. The zero-order valence-corrected chi connectivity index (χ0v) is 12.7. The second kappa shape index (κ2) is 13.3. The van der Waals surface area contributed by atoms with Gasteiger partial charge in [0.2, 0.25) is 0 Å². The van der Waals surface area contributed by atoms with E-state index in [0.29, 0.717) is 12.0 Å². The molecule has 0 aliphatic rings. The summed E-state index contributed by atoms with van der Waals surface area (Å²) in [6.45, 7) is 5.35. The van der Waals surface area contributed by atoms with Crippen molar-refractivity contribution >= 4 is 0 Å². The van der Waals surface area contributed by atoms with Crippen molar-refractivity contribution in [1.82, 2.24) is 5.43 Å². The predicted octanol–water partition coefficient (Wildman–Crippen LogP) is 3.63. The quantitative estimate of drug-likeness (QED) is 0.301. The van der Waals surface area contributed by atoms with Crippen LogP contribution in [0.2, 0.25) is 0 Å². The molecule has 0 fully saturated rings. The molecule has 110 valence electrons. The van der Waals surface area contributed by atoms with E-state index in [0.717, 1.165) is 13.0 Å². The molecule has 0 rings (SSSR count). The Bertz CT molecular complexity index is 165. The molecule has 0 aromatic rings. The van der Waals surface area contributed by atoms with Crippen molar-refractivity contribution in [3.8, 4) is 0 Å². The standard InChI is InChI=1S/C15H34N2O/c1-4-5-6-7-8-9-10-11-15(17-16)14(2)12-13-18-3/h14-15,17H,4-13,16H2,1-3H3. The van der Waals surface area contributed by atoms with Gasteiger partial charge in [-0.25, -0.2) is 0 Å². The maximum atomic E-state index is 5.64. The molecule has 0 spiro atoms. The number of hydrazine groups is 1. The summed E-state index contributed by atoms with van der Waals surface area (Å²) in [5.41, 5.74) is 2.97. The van der Waals surface area contributed by atoms with Gasteiger partial charge in [0.25, 0.3) is 0 Å². The van der Waals surface area contributed by atoms with Crippen LogP contribution in [0.3, 0.4) is 0 Å². The first-order valence-electron chi connectivity index (χ1n) is 7.71. The molecule has 0 heterocycles. The SMILES string of the molecule is CCCCCCCCCC(NN)C(C)CCOC. The van der Waals surface area contributed by atoms with Crippen LogP contribution >= 0.6 is 0 Å². The number of ether oxygens (including phenoxy) is 1. The van der Waals surface area contributed by atoms with Gasteiger partial charge < -0.3 is 4.74 Å². The molecule has 0 aromatic carbocycles. The van der Waals surface area contributed by atoms with E-state index < -0.39 is 0 Å². The van der Waals surface area contributed by atoms with Crippen molar-refractivity contribution in [1.29, 1.82) is 0 Å². The number of hydrogen-bond donors (Lipinski definition) is 2. The lowest BCUT2D eigenvalue weighted by molar-refractivity contribution is 0.168. The van der Waals surface area contributed by atoms with Gasteiger partial charge in [0.15, 0.2) is 0 Å². The Morgan fingerprint density at radius 1 is 1.00 bits per heavy atom. The number of hydrogen-bond acceptors (Lipinski definition) is 3. The molecule has 18 heavy (non-hydrogen) atoms. The zero-order valence-electron chi connectivity index (χ0n) is 12.7. The summed E-state index contributed by atoms with van der Waals surface area (Å²) in [4.78, 5) is 0. The van der Waals surface area contributed by atoms with Crippen LogP contribution in [0.15, 0.2) is 0 Å². The second-order valence-electron chi connectivity index (χ2n) is 5.44. The predicted molar refractivity (Wildman–Crippen MR) is 79.4 cm³/mol. The van der Waals surface area contributed by atoms with E-state index >= 15 is 0 Å². The van der Waals surface area contributed by atoms with Crippen molar-refractivity contribution in [2.75, 3.05) is 13.7 Å². The molecular weight excluding hydrogens is 224 g/mol. The second-order valence-corrected chi connectivity index (χ2v) is 5.44. The molecule has 2 atom stereocenters. The van der Waals surface area contributed by atoms with Crippen LogP contribution < -0.4 is 11.3 Å². The number of nitrogens with two attached hydrogens (primary N) is 1. The molecule has 0 aliphatic heterocycles. The first kappa shape index (κ1) is 17.9. The summed E-state index contributed by atoms with van der Waals surface area (Å²) < 4.78 is 5.12. The lowest BCUT2D eigenvalue weighted by Crippen LogP contribution is -2.40. The van der Waals surface area contributed by atoms with Crippen molar-refractivity contribution in [3.63, 3.8) is 0 Å². The highest BCUT2D eigenvalue weighted by atomic mass is 16.5. The molecular formula is C15H34N2O. The normalized spacial score (nSPS) is 14.7. The van der Waals surface area contributed by atoms with Gasteiger partial charge in [-0.05, 0) is 18.8 Å². The Balaban J connectivity index is 3.48. The summed E-state index contributed by atoms with van der Waals surface area (Å²) in [6.07, 6.45) is 11.8. The summed E-state index contributed by atoms with van der Waals surface area (Å²) in [6, 6.07) is 0.441. The van der Waals surface area contributed by atoms with Crippen LogP contribution in [0.1, 0.15) is 71.6 Å². The molecule has 3 heteroatoms. The van der Waals surface area contributed by atoms with Gasteiger partial charge >= 0.3 is 0 Å². The Morgan fingerprint density at radius 3 is 2.17 bits per heavy atom. The van der Waals surface area contributed by atoms with Crippen LogP contribution in [0, 0.1) is 5.92 Å². The number of nitrogens with one attached hydrogen (secondary N) is 1. The summed E-state index contributed by atoms with van der Waals surface area (Å²) in [5.74, 6) is 6.23. The van der Waals surface area contributed by atoms with E-state index in [2.05, 4.69) is 19.3 Å². The van der Waals surface area contributed by atoms with Crippen LogP contribution in [0.5, 0.6) is 0 Å². The van der Waals surface area contributed by atoms with E-state index in [4.69, 9.17) is 10.6 Å². The van der Waals surface area contributed by atoms with Gasteiger partial charge in [0.05, 0.1) is 0 Å². The summed E-state index contributed by atoms with van der Waals surface area (Å²) >= 11 is 0. The molecule has 0 aliphatic carbocycles. The van der Waals surface area contributed by atoms with Crippen molar-refractivity contribution in [3.05, 3.63) is 0 Å². The van der Waals surface area contributed by atoms with Crippen molar-refractivity contribution in [2.24, 2.45) is 11.8 Å². The Kier molecular flexibility index (Phi) is 13.2. The Labute approximate surface area is 114 Å². The van der Waals surface area contributed by atoms with Crippen LogP contribution in [0.4, 0.5) is 0 Å². The minimum Gasteiger partial charge on any atom is -0.385 e. The number of rotatable bonds is 13. The lowest BCUT2D eigenvalue weighted by Gasteiger charge is -2.23. The average molecular weight is 258 g/mol. The zero-order chi connectivity index (χ0) is 13.6. The highest BCUT2D eigenvalue weighted by Gasteiger charge is 2.14. The molecule has 2 unspecified atom stereocenters. The molecule has 0 amide bonds. The molecule has 3 N–H and O–H groups in total. The third kappa shape index (κ3) is 9.86. The number of unbranched alkanes of at least 4 members (excludes halogenated alkanes) is 6. The van der Waals surface area contributed by atoms with Crippen LogP contribution in [-0.4, -0.2) is 19.8 Å². The molecule has 0 saturated carbocycles. The van der Waals surface area contributed by atoms with E-state index in [-0.39, 0.29) is 0 Å². The fourth-order valence-electron chi connectivity index (χ4n) is 2.36. The van der Waals surface area contributed by atoms with E-state index in [1.54, 1.807) is 7.11 Å². The molecule has 0 aromatic heterocycles. The van der Waals surface area contributed by atoms with Crippen molar-refractivity contribution in [2.45, 2.75) is 77.7 Å². The van der Waals surface area contributed by atoms with Crippen LogP contribution in [0.25, 0.3) is 0 Å². The van der Waals surface area contributed by atoms with Gasteiger partial charge in [-0.1, -0.05) is 58.8 Å². The maximum absolute atomic E-state index is 5.64. The highest BCUT2D eigenvalue weighted by Crippen LogP contribution is 2.15. The van der Waals surface area contributed by atoms with E-state index in [1.807, 2.05) is 0 Å². The van der Waals surface area contributed by atoms with Gasteiger partial charge in [-0.15, -0.1) is 0 Å². The fourth-order valence-corrected chi connectivity index (χ4v) is 2.36. The maximum Gasteiger partial charge on any atom is 0.0465 e. The highest BCUT2D eigenvalue weighted by molar-refractivity contribution is 4.71. The topological polar surface area (TPSA) is 47.3 Å². The molecule has 0 bridgehead atoms. The van der Waals surface area contributed by atoms with E-state index in [9.17, 15) is 0 Å². The Morgan fingerprint density at radius 2 is 1.61 bits per heavy atom. The molecule has 3 nitrogen and oxygen atoms in total. The Hall–Kier alpha value is -0.120. The third-order valence-corrected chi connectivity index (χ3v) is 3.80. The smallest absolute Gasteiger partial charge is 0.0465 e. The van der Waals surface area contributed by atoms with Crippen molar-refractivity contribution < 1.29 is 4.74 Å². The largest absolute Gasteiger partial charge is 0.385 e. The van der Waals surface area contributed by atoms with Crippen LogP contribution in [-0.2, 0) is 4.74 Å². The lowest BCUT2D eigenvalue weighted by atomic mass is 9.94. The van der Waals surface area contributed by atoms with Gasteiger partial charge in [0.1, 0.15) is 0 Å². The van der Waals surface area contributed by atoms with E-state index in [1.165, 1.54) is 51.4 Å². The number of methoxy groups -OCH3 is 1. The van der Waals surface area contributed by atoms with Gasteiger partial charge in [0, 0.05) is 19.8 Å². The van der Waals surface area contributed by atoms with Gasteiger partial charge in [-0.2, -0.15) is 0 Å². The molecule has 0 saturated heterocycles. The fraction of sp³-hybridized carbons (Fsp3) is 1.00. The minimum absolute atomic E-state index is 0.441. The minimum atomic E-state index is 0.441. The van der Waals surface area contributed by atoms with Gasteiger partial charge in [-0.3, -0.25) is 11.3 Å². The summed E-state index contributed by atoms with van der Waals surface area (Å²) in [5, 5.41) is 0. The summed E-state index contributed by atoms with van der Waals surface area (Å²) in [7, 11) is 1.76. The third-order valence-electron chi connectivity index (χ3n) is 3.80. The average Bonchev–Trinajstić information content (AvgIpc) is 2.39. The monoisotopic (exact) mass is 258 g/mol. The molecule has 0 radical (unpaired) electrons. The first-order chi connectivity index (χ1) is 8.76.